The van der Waals surface area contributed by atoms with E-state index in [4.69, 9.17) is 14.7 Å². The maximum absolute atomic E-state index is 12.6. The van der Waals surface area contributed by atoms with Crippen molar-refractivity contribution in [1.82, 2.24) is 25.6 Å². The number of hydrogen-bond donors (Lipinski definition) is 3. The third-order valence-corrected chi connectivity index (χ3v) is 6.41. The molecule has 0 aliphatic carbocycles. The van der Waals surface area contributed by atoms with Crippen LogP contribution in [0.25, 0.3) is 22.3 Å². The fourth-order valence-electron chi connectivity index (χ4n) is 4.77. The van der Waals surface area contributed by atoms with E-state index in [1.807, 2.05) is 52.0 Å². The van der Waals surface area contributed by atoms with Gasteiger partial charge in [-0.25, -0.2) is 14.8 Å². The van der Waals surface area contributed by atoms with E-state index in [-0.39, 0.29) is 11.8 Å². The molecule has 0 saturated heterocycles. The molecule has 0 radical (unpaired) electrons. The molecule has 2 amide bonds. The first kappa shape index (κ1) is 23.8. The first-order chi connectivity index (χ1) is 17.2. The van der Waals surface area contributed by atoms with E-state index < -0.39 is 11.7 Å². The molecule has 4 bridgehead atoms. The number of ether oxygens (including phenoxy) is 1. The molecule has 3 N–H and O–H groups in total. The Bertz CT molecular complexity index is 1350. The van der Waals surface area contributed by atoms with Gasteiger partial charge in [0, 0.05) is 49.0 Å². The van der Waals surface area contributed by atoms with Crippen molar-refractivity contribution in [3.05, 3.63) is 53.4 Å². The number of H-pyrrole nitrogens is 1. The first-order valence-corrected chi connectivity index (χ1v) is 12.4. The second kappa shape index (κ2) is 9.29. The van der Waals surface area contributed by atoms with Gasteiger partial charge in [-0.1, -0.05) is 24.3 Å². The molecule has 0 spiro atoms. The fourth-order valence-corrected chi connectivity index (χ4v) is 4.77. The van der Waals surface area contributed by atoms with Gasteiger partial charge in [-0.05, 0) is 46.2 Å². The maximum Gasteiger partial charge on any atom is 0.407 e. The van der Waals surface area contributed by atoms with Gasteiger partial charge in [-0.2, -0.15) is 0 Å². The van der Waals surface area contributed by atoms with Crippen LogP contribution >= 0.6 is 0 Å². The minimum atomic E-state index is -0.550. The molecule has 188 valence electrons. The van der Waals surface area contributed by atoms with Crippen LogP contribution in [0.4, 0.5) is 10.6 Å². The molecule has 5 rings (SSSR count). The summed E-state index contributed by atoms with van der Waals surface area (Å²) >= 11 is 0. The highest BCUT2D eigenvalue weighted by atomic mass is 16.6. The Morgan fingerprint density at radius 2 is 2.06 bits per heavy atom. The standard InChI is InChI=1S/C27H32N6O3/c1-16-24-32-23-18(9-7-10-20(23)30-16)21-14-19-22(31-21)17(15-29-25(19)34)8-5-6-12-33(24)13-11-28-26(35)36-27(2,3)4/h5-7,9-10,14,17,31H,8,11-13,15H2,1-4H3,(H,28,35)(H,29,34)/b6-5-/t17-/m0/s1. The quantitative estimate of drug-likeness (QED) is 0.480. The summed E-state index contributed by atoms with van der Waals surface area (Å²) in [4.78, 5) is 40.3. The number of aromatic amines is 1. The Morgan fingerprint density at radius 1 is 1.22 bits per heavy atom. The van der Waals surface area contributed by atoms with Crippen molar-refractivity contribution in [3.8, 4) is 11.3 Å². The van der Waals surface area contributed by atoms with Gasteiger partial charge in [0.1, 0.15) is 11.1 Å². The van der Waals surface area contributed by atoms with Crippen LogP contribution in [0, 0.1) is 6.92 Å². The summed E-state index contributed by atoms with van der Waals surface area (Å²) in [7, 11) is 0. The fraction of sp³-hybridized carbons (Fsp3) is 0.407. The Labute approximate surface area is 210 Å². The number of rotatable bonds is 3. The number of aromatic nitrogens is 3. The molecule has 0 unspecified atom stereocenters. The van der Waals surface area contributed by atoms with Gasteiger partial charge in [-0.3, -0.25) is 4.79 Å². The topological polar surface area (TPSA) is 112 Å². The molecule has 2 aliphatic rings. The predicted molar refractivity (Wildman–Crippen MR) is 139 cm³/mol. The summed E-state index contributed by atoms with van der Waals surface area (Å²) in [6, 6.07) is 7.84. The van der Waals surface area contributed by atoms with Crippen LogP contribution in [0.1, 0.15) is 54.9 Å². The molecule has 4 heterocycles. The van der Waals surface area contributed by atoms with Gasteiger partial charge >= 0.3 is 6.09 Å². The van der Waals surface area contributed by atoms with Crippen molar-refractivity contribution in [2.45, 2.75) is 45.6 Å². The van der Waals surface area contributed by atoms with Crippen molar-refractivity contribution < 1.29 is 14.3 Å². The van der Waals surface area contributed by atoms with Crippen LogP contribution in [-0.2, 0) is 4.74 Å². The number of allylic oxidation sites excluding steroid dienone is 1. The number of nitrogens with zero attached hydrogens (tertiary/aromatic N) is 3. The Kier molecular flexibility index (Phi) is 6.15. The van der Waals surface area contributed by atoms with Gasteiger partial charge in [0.15, 0.2) is 5.82 Å². The van der Waals surface area contributed by atoms with Gasteiger partial charge in [0.25, 0.3) is 5.91 Å². The van der Waals surface area contributed by atoms with E-state index in [1.165, 1.54) is 0 Å². The summed E-state index contributed by atoms with van der Waals surface area (Å²) in [5, 5.41) is 5.86. The van der Waals surface area contributed by atoms with Crippen molar-refractivity contribution in [3.63, 3.8) is 0 Å². The minimum absolute atomic E-state index is 0.0497. The van der Waals surface area contributed by atoms with Crippen LogP contribution in [0.2, 0.25) is 0 Å². The minimum Gasteiger partial charge on any atom is -0.444 e. The summed E-state index contributed by atoms with van der Waals surface area (Å²) in [6.45, 7) is 9.63. The summed E-state index contributed by atoms with van der Waals surface area (Å²) in [5.74, 6) is 0.880. The van der Waals surface area contributed by atoms with Crippen LogP contribution in [0.5, 0.6) is 0 Å². The number of nitrogens with one attached hydrogen (secondary N) is 3. The number of para-hydroxylation sites is 1. The van der Waals surface area contributed by atoms with E-state index in [2.05, 4.69) is 32.7 Å². The van der Waals surface area contributed by atoms with E-state index in [0.29, 0.717) is 31.7 Å². The van der Waals surface area contributed by atoms with Crippen LogP contribution in [0.3, 0.4) is 0 Å². The number of alkyl carbamates (subject to hydrolysis) is 1. The number of carbonyl (C=O) groups is 2. The van der Waals surface area contributed by atoms with Crippen LogP contribution in [-0.4, -0.2) is 58.7 Å². The monoisotopic (exact) mass is 488 g/mol. The molecule has 0 saturated carbocycles. The summed E-state index contributed by atoms with van der Waals surface area (Å²) in [5.41, 5.74) is 5.24. The maximum atomic E-state index is 12.6. The zero-order valence-electron chi connectivity index (χ0n) is 21.1. The largest absolute Gasteiger partial charge is 0.444 e. The molecule has 1 aromatic carbocycles. The van der Waals surface area contributed by atoms with E-state index in [9.17, 15) is 9.59 Å². The number of aryl methyl sites for hydroxylation is 1. The molecule has 2 aromatic heterocycles. The van der Waals surface area contributed by atoms with E-state index >= 15 is 0 Å². The second-order valence-corrected chi connectivity index (χ2v) is 10.3. The van der Waals surface area contributed by atoms with Crippen molar-refractivity contribution in [2.24, 2.45) is 0 Å². The molecule has 9 heteroatoms. The normalized spacial score (nSPS) is 18.2. The van der Waals surface area contributed by atoms with Crippen molar-refractivity contribution >= 4 is 28.9 Å². The molecule has 0 fully saturated rings. The van der Waals surface area contributed by atoms with E-state index in [0.717, 1.165) is 45.9 Å². The number of anilines is 1. The second-order valence-electron chi connectivity index (χ2n) is 10.3. The number of fused-ring (bicyclic) bond motifs is 3. The highest BCUT2D eigenvalue weighted by molar-refractivity contribution is 6.00. The summed E-state index contributed by atoms with van der Waals surface area (Å²) in [6.07, 6.45) is 4.61. The third kappa shape index (κ3) is 4.78. The first-order valence-electron chi connectivity index (χ1n) is 12.4. The highest BCUT2D eigenvalue weighted by Gasteiger charge is 2.28. The summed E-state index contributed by atoms with van der Waals surface area (Å²) < 4.78 is 5.37. The zero-order chi connectivity index (χ0) is 25.4. The van der Waals surface area contributed by atoms with Gasteiger partial charge < -0.3 is 25.3 Å². The Hall–Kier alpha value is -3.88. The number of benzene rings is 1. The van der Waals surface area contributed by atoms with Crippen LogP contribution in [0.15, 0.2) is 36.4 Å². The predicted octanol–water partition coefficient (Wildman–Crippen LogP) is 4.05. The van der Waals surface area contributed by atoms with Crippen LogP contribution < -0.4 is 15.5 Å². The third-order valence-electron chi connectivity index (χ3n) is 6.41. The van der Waals surface area contributed by atoms with Gasteiger partial charge in [-0.15, -0.1) is 0 Å². The average Bonchev–Trinajstić information content (AvgIpc) is 3.26. The van der Waals surface area contributed by atoms with Gasteiger partial charge in [0.05, 0.1) is 16.8 Å². The SMILES string of the molecule is Cc1nc2cccc3c2nc1N(CCNC(=O)OC(C)(C)C)C/C=C\C[C@H]1CNC(=O)c2cc-3[nH]c21. The lowest BCUT2D eigenvalue weighted by molar-refractivity contribution is 0.0529. The average molecular weight is 489 g/mol. The molecule has 9 nitrogen and oxygen atoms in total. The lowest BCUT2D eigenvalue weighted by atomic mass is 9.94. The molecular formula is C27H32N6O3. The van der Waals surface area contributed by atoms with Gasteiger partial charge in [0.2, 0.25) is 0 Å². The highest BCUT2D eigenvalue weighted by Crippen LogP contribution is 2.34. The zero-order valence-corrected chi connectivity index (χ0v) is 21.1. The molecule has 2 aliphatic heterocycles. The molecular weight excluding hydrogens is 456 g/mol. The van der Waals surface area contributed by atoms with Crippen molar-refractivity contribution in [2.75, 3.05) is 31.1 Å². The molecule has 1 atom stereocenters. The molecule has 36 heavy (non-hydrogen) atoms. The number of hydrogen-bond acceptors (Lipinski definition) is 6. The Morgan fingerprint density at radius 3 is 2.86 bits per heavy atom. The lowest BCUT2D eigenvalue weighted by Crippen LogP contribution is -2.38. The molecule has 3 aromatic rings. The van der Waals surface area contributed by atoms with E-state index in [1.54, 1.807) is 0 Å². The number of amides is 2. The Balaban J connectivity index is 1.53. The lowest BCUT2D eigenvalue weighted by Gasteiger charge is -2.25. The van der Waals surface area contributed by atoms with Crippen molar-refractivity contribution in [1.29, 1.82) is 0 Å². The smallest absolute Gasteiger partial charge is 0.407 e. The number of carbonyl (C=O) groups excluding carboxylic acids is 2.